The number of hydrogen-bond donors (Lipinski definition) is 4. The number of benzene rings is 1. The molecule has 0 radical (unpaired) electrons. The molecule has 0 bridgehead atoms. The van der Waals surface area contributed by atoms with Crippen LogP contribution in [0, 0.1) is 11.6 Å². The van der Waals surface area contributed by atoms with Crippen LogP contribution < -0.4 is 11.1 Å². The van der Waals surface area contributed by atoms with Crippen molar-refractivity contribution in [2.24, 2.45) is 12.8 Å². The fourth-order valence-electron chi connectivity index (χ4n) is 3.56. The fraction of sp³-hybridized carbons (Fsp3) is 0.400. The molecule has 0 amide bonds. The number of aryl methyl sites for hydroxylation is 1. The second-order valence-corrected chi connectivity index (χ2v) is 8.28. The molecule has 4 atom stereocenters. The Morgan fingerprint density at radius 3 is 2.81 bits per heavy atom. The van der Waals surface area contributed by atoms with Gasteiger partial charge in [-0.15, -0.1) is 11.3 Å². The van der Waals surface area contributed by atoms with E-state index < -0.39 is 24.0 Å². The monoisotopic (exact) mass is 451 g/mol. The molecule has 0 aliphatic carbocycles. The minimum absolute atomic E-state index is 0.0999. The van der Waals surface area contributed by atoms with Gasteiger partial charge in [-0.1, -0.05) is 6.07 Å². The molecule has 2 aromatic heterocycles. The Bertz CT molecular complexity index is 1030. The number of anilines is 1. The molecule has 0 saturated carbocycles. The zero-order valence-electron chi connectivity index (χ0n) is 16.7. The Hall–Kier alpha value is -2.44. The number of hydrogen-bond acceptors (Lipinski definition) is 8. The Balaban J connectivity index is 1.54. The average Bonchev–Trinajstić information content (AvgIpc) is 3.31. The summed E-state index contributed by atoms with van der Waals surface area (Å²) in [6, 6.07) is 3.23. The highest BCUT2D eigenvalue weighted by molar-refractivity contribution is 7.13. The maximum atomic E-state index is 14.0. The number of ether oxygens (including phenoxy) is 1. The van der Waals surface area contributed by atoms with Gasteiger partial charge in [-0.3, -0.25) is 4.68 Å². The van der Waals surface area contributed by atoms with E-state index in [0.29, 0.717) is 24.2 Å². The summed E-state index contributed by atoms with van der Waals surface area (Å²) in [4.78, 5) is 4.20. The van der Waals surface area contributed by atoms with Crippen molar-refractivity contribution in [3.63, 3.8) is 0 Å². The molecule has 8 nitrogen and oxygen atoms in total. The summed E-state index contributed by atoms with van der Waals surface area (Å²) in [7, 11) is 1.75. The number of aromatic nitrogens is 3. The van der Waals surface area contributed by atoms with E-state index >= 15 is 0 Å². The van der Waals surface area contributed by atoms with Gasteiger partial charge in [0.2, 0.25) is 0 Å². The SMILES string of the molecule is Cn1ncc(NC(O)c2csc(-c3c(F)cccc3F)n2)c1[C@H]1CC[C@H](N)[C@@H](O)CO1. The molecular weight excluding hydrogens is 428 g/mol. The van der Waals surface area contributed by atoms with E-state index in [2.05, 4.69) is 15.4 Å². The molecule has 3 aromatic rings. The molecule has 1 aliphatic rings. The first-order valence-electron chi connectivity index (χ1n) is 9.76. The van der Waals surface area contributed by atoms with Crippen LogP contribution in [0.5, 0.6) is 0 Å². The molecule has 0 spiro atoms. The smallest absolute Gasteiger partial charge is 0.169 e. The molecule has 1 aliphatic heterocycles. The number of aliphatic hydroxyl groups is 2. The zero-order chi connectivity index (χ0) is 22.1. The number of aliphatic hydroxyl groups excluding tert-OH is 2. The van der Waals surface area contributed by atoms with Gasteiger partial charge >= 0.3 is 0 Å². The second kappa shape index (κ2) is 8.97. The second-order valence-electron chi connectivity index (χ2n) is 7.42. The topological polar surface area (TPSA) is 118 Å². The normalized spacial score (nSPS) is 22.8. The van der Waals surface area contributed by atoms with Crippen molar-refractivity contribution in [1.29, 1.82) is 0 Å². The molecular formula is C20H23F2N5O3S. The summed E-state index contributed by atoms with van der Waals surface area (Å²) in [5.74, 6) is -1.44. The lowest BCUT2D eigenvalue weighted by Crippen LogP contribution is -2.35. The van der Waals surface area contributed by atoms with Crippen LogP contribution in [0.25, 0.3) is 10.6 Å². The first-order chi connectivity index (χ1) is 14.8. The van der Waals surface area contributed by atoms with E-state index in [-0.39, 0.29) is 35.0 Å². The molecule has 166 valence electrons. The number of rotatable bonds is 5. The van der Waals surface area contributed by atoms with E-state index in [4.69, 9.17) is 10.5 Å². The lowest BCUT2D eigenvalue weighted by molar-refractivity contribution is -0.00237. The molecule has 5 N–H and O–H groups in total. The van der Waals surface area contributed by atoms with Gasteiger partial charge in [-0.2, -0.15) is 5.10 Å². The molecule has 1 aromatic carbocycles. The predicted molar refractivity (Wildman–Crippen MR) is 111 cm³/mol. The Labute approximate surface area is 181 Å². The van der Waals surface area contributed by atoms with Crippen LogP contribution in [0.15, 0.2) is 29.8 Å². The van der Waals surface area contributed by atoms with E-state index in [1.54, 1.807) is 17.9 Å². The maximum Gasteiger partial charge on any atom is 0.169 e. The van der Waals surface area contributed by atoms with Gasteiger partial charge < -0.3 is 26.0 Å². The standard InChI is InChI=1S/C20H23F2N5O3S/c1-27-18(16-6-5-12(23)15(28)8-30-16)13(7-24-27)25-19(29)14-9-31-20(26-14)17-10(21)3-2-4-11(17)22/h2-4,7,9,12,15-16,19,25,28-29H,5-6,8,23H2,1H3/t12-,15-,16+,19?/m0/s1. The molecule has 1 fully saturated rings. The van der Waals surface area contributed by atoms with Crippen LogP contribution in [0.4, 0.5) is 14.5 Å². The third kappa shape index (κ3) is 4.46. The van der Waals surface area contributed by atoms with Gasteiger partial charge in [0, 0.05) is 18.5 Å². The van der Waals surface area contributed by atoms with Crippen LogP contribution in [0.1, 0.15) is 36.6 Å². The summed E-state index contributed by atoms with van der Waals surface area (Å²) in [5, 5.41) is 29.4. The van der Waals surface area contributed by atoms with Crippen LogP contribution >= 0.6 is 11.3 Å². The van der Waals surface area contributed by atoms with E-state index in [9.17, 15) is 19.0 Å². The molecule has 3 heterocycles. The van der Waals surface area contributed by atoms with Gasteiger partial charge in [-0.05, 0) is 25.0 Å². The van der Waals surface area contributed by atoms with Crippen molar-refractivity contribution in [3.8, 4) is 10.6 Å². The third-order valence-corrected chi connectivity index (χ3v) is 6.16. The predicted octanol–water partition coefficient (Wildman–Crippen LogP) is 2.46. The molecule has 1 saturated heterocycles. The van der Waals surface area contributed by atoms with Crippen molar-refractivity contribution >= 4 is 17.0 Å². The van der Waals surface area contributed by atoms with Crippen molar-refractivity contribution in [1.82, 2.24) is 14.8 Å². The Kier molecular flexibility index (Phi) is 6.30. The number of thiazole rings is 1. The Morgan fingerprint density at radius 2 is 2.06 bits per heavy atom. The molecule has 4 rings (SSSR count). The van der Waals surface area contributed by atoms with Gasteiger partial charge in [-0.25, -0.2) is 13.8 Å². The average molecular weight is 451 g/mol. The first kappa shape index (κ1) is 21.8. The first-order valence-corrected chi connectivity index (χ1v) is 10.6. The summed E-state index contributed by atoms with van der Waals surface area (Å²) >= 11 is 1.03. The van der Waals surface area contributed by atoms with Crippen molar-refractivity contribution in [3.05, 3.63) is 52.8 Å². The molecule has 1 unspecified atom stereocenters. The summed E-state index contributed by atoms with van der Waals surface area (Å²) in [6.45, 7) is 0.0999. The maximum absolute atomic E-state index is 14.0. The number of nitrogens with zero attached hydrogens (tertiary/aromatic N) is 3. The van der Waals surface area contributed by atoms with Crippen LogP contribution in [0.2, 0.25) is 0 Å². The number of nitrogens with two attached hydrogens (primary N) is 1. The minimum atomic E-state index is -1.23. The Morgan fingerprint density at radius 1 is 1.32 bits per heavy atom. The van der Waals surface area contributed by atoms with Crippen LogP contribution in [0.3, 0.4) is 0 Å². The van der Waals surface area contributed by atoms with Gasteiger partial charge in [0.1, 0.15) is 28.4 Å². The van der Waals surface area contributed by atoms with E-state index in [0.717, 1.165) is 23.5 Å². The van der Waals surface area contributed by atoms with Crippen LogP contribution in [-0.2, 0) is 11.8 Å². The highest BCUT2D eigenvalue weighted by atomic mass is 32.1. The van der Waals surface area contributed by atoms with Gasteiger partial charge in [0.25, 0.3) is 0 Å². The summed E-state index contributed by atoms with van der Waals surface area (Å²) in [5.41, 5.74) is 7.14. The van der Waals surface area contributed by atoms with Crippen molar-refractivity contribution in [2.45, 2.75) is 37.3 Å². The number of halogens is 2. The van der Waals surface area contributed by atoms with E-state index in [1.165, 1.54) is 11.4 Å². The lowest BCUT2D eigenvalue weighted by atomic mass is 10.0. The molecule has 11 heteroatoms. The highest BCUT2D eigenvalue weighted by Gasteiger charge is 2.29. The van der Waals surface area contributed by atoms with Gasteiger partial charge in [0.05, 0.1) is 35.9 Å². The van der Waals surface area contributed by atoms with Gasteiger partial charge in [0.15, 0.2) is 6.23 Å². The quantitative estimate of drug-likeness (QED) is 0.440. The van der Waals surface area contributed by atoms with Crippen LogP contribution in [-0.4, -0.2) is 43.7 Å². The fourth-order valence-corrected chi connectivity index (χ4v) is 4.45. The lowest BCUT2D eigenvalue weighted by Gasteiger charge is -2.19. The summed E-state index contributed by atoms with van der Waals surface area (Å²) < 4.78 is 35.5. The van der Waals surface area contributed by atoms with Crippen molar-refractivity contribution in [2.75, 3.05) is 11.9 Å². The highest BCUT2D eigenvalue weighted by Crippen LogP contribution is 2.34. The largest absolute Gasteiger partial charge is 0.389 e. The summed E-state index contributed by atoms with van der Waals surface area (Å²) in [6.07, 6.45) is 0.351. The van der Waals surface area contributed by atoms with E-state index in [1.807, 2.05) is 0 Å². The molecule has 31 heavy (non-hydrogen) atoms. The zero-order valence-corrected chi connectivity index (χ0v) is 17.5. The minimum Gasteiger partial charge on any atom is -0.389 e. The van der Waals surface area contributed by atoms with Crippen molar-refractivity contribution < 1.29 is 23.7 Å². The third-order valence-electron chi connectivity index (χ3n) is 5.29. The number of nitrogens with one attached hydrogen (secondary N) is 1.